The highest BCUT2D eigenvalue weighted by Crippen LogP contribution is 2.15. The number of pyridine rings is 1. The highest BCUT2D eigenvalue weighted by atomic mass is 35.5. The van der Waals surface area contributed by atoms with Crippen LogP contribution in [0.4, 0.5) is 0 Å². The van der Waals surface area contributed by atoms with E-state index in [1.165, 1.54) is 0 Å². The molecule has 6 heteroatoms. The van der Waals surface area contributed by atoms with E-state index in [0.717, 1.165) is 10.7 Å². The Morgan fingerprint density at radius 1 is 1.61 bits per heavy atom. The van der Waals surface area contributed by atoms with Gasteiger partial charge in [-0.1, -0.05) is 6.07 Å². The van der Waals surface area contributed by atoms with Gasteiger partial charge in [0.25, 0.3) is 0 Å². The van der Waals surface area contributed by atoms with Crippen LogP contribution in [0.15, 0.2) is 24.5 Å². The molecule has 0 aliphatic heterocycles. The fraction of sp³-hybridized carbons (Fsp3) is 0.500. The van der Waals surface area contributed by atoms with E-state index in [9.17, 15) is 4.79 Å². The molecule has 100 valence electrons. The fourth-order valence-electron chi connectivity index (χ4n) is 1.31. The number of nitrogens with one attached hydrogen (secondary N) is 1. The summed E-state index contributed by atoms with van der Waals surface area (Å²) in [5.41, 5.74) is 3.31. The molecule has 1 aromatic heterocycles. The van der Waals surface area contributed by atoms with Crippen molar-refractivity contribution in [2.24, 2.45) is 0 Å². The van der Waals surface area contributed by atoms with Crippen molar-refractivity contribution in [3.05, 3.63) is 30.1 Å². The molecule has 0 bridgehead atoms. The Hall–Kier alpha value is -1.17. The van der Waals surface area contributed by atoms with Crippen LogP contribution in [-0.4, -0.2) is 28.0 Å². The number of halogens is 1. The van der Waals surface area contributed by atoms with E-state index in [4.69, 9.17) is 16.4 Å². The molecule has 0 aromatic carbocycles. The monoisotopic (exact) mass is 271 g/mol. The Morgan fingerprint density at radius 2 is 2.33 bits per heavy atom. The van der Waals surface area contributed by atoms with Gasteiger partial charge in [0.05, 0.1) is 11.6 Å². The minimum Gasteiger partial charge on any atom is -0.275 e. The average Bonchev–Trinajstić information content (AvgIpc) is 2.34. The van der Waals surface area contributed by atoms with E-state index in [1.54, 1.807) is 12.4 Å². The molecule has 1 N–H and O–H groups in total. The summed E-state index contributed by atoms with van der Waals surface area (Å²) >= 11 is 5.89. The van der Waals surface area contributed by atoms with E-state index in [2.05, 4.69) is 10.4 Å². The van der Waals surface area contributed by atoms with Crippen molar-refractivity contribution in [2.75, 3.05) is 5.88 Å². The minimum absolute atomic E-state index is 0.243. The Labute approximate surface area is 112 Å². The van der Waals surface area contributed by atoms with Crippen LogP contribution in [0.5, 0.6) is 0 Å². The van der Waals surface area contributed by atoms with Crippen molar-refractivity contribution >= 4 is 18.0 Å². The normalized spacial score (nSPS) is 13.1. The zero-order valence-electron chi connectivity index (χ0n) is 10.8. The van der Waals surface area contributed by atoms with Crippen LogP contribution in [0.1, 0.15) is 32.4 Å². The largest absolute Gasteiger partial charge is 0.275 e. The highest BCUT2D eigenvalue weighted by Gasteiger charge is 2.19. The molecule has 1 amide bonds. The first-order valence-electron chi connectivity index (χ1n) is 5.62. The summed E-state index contributed by atoms with van der Waals surface area (Å²) in [6, 6.07) is 3.45. The number of hydrogen-bond donors (Lipinski definition) is 1. The molecule has 0 aliphatic carbocycles. The van der Waals surface area contributed by atoms with Crippen LogP contribution in [0, 0.1) is 0 Å². The lowest BCUT2D eigenvalue weighted by molar-refractivity contribution is -0.242. The van der Waals surface area contributed by atoms with Crippen LogP contribution in [0.25, 0.3) is 0 Å². The molecule has 18 heavy (non-hydrogen) atoms. The van der Waals surface area contributed by atoms with E-state index in [0.29, 0.717) is 12.3 Å². The average molecular weight is 272 g/mol. The van der Waals surface area contributed by atoms with Crippen LogP contribution >= 0.6 is 11.6 Å². The molecule has 0 aliphatic rings. The van der Waals surface area contributed by atoms with Crippen molar-refractivity contribution in [2.45, 2.75) is 32.4 Å². The molecule has 1 atom stereocenters. The minimum atomic E-state index is -0.473. The SMILES string of the molecule is CC(C)(C)ON(C=O)NC(CCl)c1cccnc1. The molecule has 1 unspecified atom stereocenters. The molecule has 1 aromatic rings. The lowest BCUT2D eigenvalue weighted by Crippen LogP contribution is -2.44. The quantitative estimate of drug-likeness (QED) is 0.489. The number of aromatic nitrogens is 1. The number of nitrogens with zero attached hydrogens (tertiary/aromatic N) is 2. The summed E-state index contributed by atoms with van der Waals surface area (Å²) < 4.78 is 0. The molecular formula is C12H18ClN3O2. The third-order valence-electron chi connectivity index (χ3n) is 1.99. The Balaban J connectivity index is 2.70. The van der Waals surface area contributed by atoms with E-state index in [-0.39, 0.29) is 6.04 Å². The molecule has 0 radical (unpaired) electrons. The Bertz CT molecular complexity index is 367. The lowest BCUT2D eigenvalue weighted by atomic mass is 10.1. The second kappa shape index (κ2) is 6.68. The number of hydrogen-bond acceptors (Lipinski definition) is 4. The lowest BCUT2D eigenvalue weighted by Gasteiger charge is -2.29. The van der Waals surface area contributed by atoms with Gasteiger partial charge in [0.15, 0.2) is 0 Å². The van der Waals surface area contributed by atoms with E-state index >= 15 is 0 Å². The first-order valence-corrected chi connectivity index (χ1v) is 6.15. The summed E-state index contributed by atoms with van der Waals surface area (Å²) in [4.78, 5) is 20.4. The predicted molar refractivity (Wildman–Crippen MR) is 69.6 cm³/mol. The van der Waals surface area contributed by atoms with Crippen molar-refractivity contribution in [1.82, 2.24) is 15.6 Å². The summed E-state index contributed by atoms with van der Waals surface area (Å²) in [5, 5.41) is 1.04. The van der Waals surface area contributed by atoms with Gasteiger partial charge in [-0.05, 0) is 32.4 Å². The van der Waals surface area contributed by atoms with Crippen molar-refractivity contribution < 1.29 is 9.63 Å². The summed E-state index contributed by atoms with van der Waals surface area (Å²) in [6.07, 6.45) is 3.94. The predicted octanol–water partition coefficient (Wildman–Crippen LogP) is 2.05. The van der Waals surface area contributed by atoms with Crippen LogP contribution < -0.4 is 5.43 Å². The van der Waals surface area contributed by atoms with Gasteiger partial charge in [0.1, 0.15) is 0 Å². The Morgan fingerprint density at radius 3 is 2.78 bits per heavy atom. The maximum absolute atomic E-state index is 10.9. The number of hydrazine groups is 1. The fourth-order valence-corrected chi connectivity index (χ4v) is 1.55. The Kier molecular flexibility index (Phi) is 5.53. The molecule has 5 nitrogen and oxygen atoms in total. The van der Waals surface area contributed by atoms with Gasteiger partial charge >= 0.3 is 0 Å². The van der Waals surface area contributed by atoms with Gasteiger partial charge in [-0.25, -0.2) is 4.84 Å². The molecule has 1 rings (SSSR count). The van der Waals surface area contributed by atoms with Gasteiger partial charge in [0.2, 0.25) is 6.41 Å². The van der Waals surface area contributed by atoms with Crippen LogP contribution in [-0.2, 0) is 9.63 Å². The second-order valence-corrected chi connectivity index (χ2v) is 5.07. The smallest absolute Gasteiger partial charge is 0.249 e. The maximum Gasteiger partial charge on any atom is 0.249 e. The number of carbonyl (C=O) groups excluding carboxylic acids is 1. The zero-order chi connectivity index (χ0) is 13.6. The van der Waals surface area contributed by atoms with E-state index < -0.39 is 5.60 Å². The number of hydroxylamine groups is 1. The molecule has 1 heterocycles. The van der Waals surface area contributed by atoms with Gasteiger partial charge in [-0.15, -0.1) is 11.6 Å². The van der Waals surface area contributed by atoms with Gasteiger partial charge < -0.3 is 0 Å². The van der Waals surface area contributed by atoms with Gasteiger partial charge in [-0.3, -0.25) is 9.78 Å². The van der Waals surface area contributed by atoms with Crippen molar-refractivity contribution in [3.63, 3.8) is 0 Å². The number of alkyl halides is 1. The third kappa shape index (κ3) is 5.00. The van der Waals surface area contributed by atoms with Crippen LogP contribution in [0.3, 0.4) is 0 Å². The van der Waals surface area contributed by atoms with Crippen molar-refractivity contribution in [3.8, 4) is 0 Å². The van der Waals surface area contributed by atoms with E-state index in [1.807, 2.05) is 32.9 Å². The second-order valence-electron chi connectivity index (χ2n) is 4.76. The van der Waals surface area contributed by atoms with Gasteiger partial charge in [0, 0.05) is 18.3 Å². The zero-order valence-corrected chi connectivity index (χ0v) is 11.5. The molecule has 0 saturated heterocycles. The molecule has 0 spiro atoms. The topological polar surface area (TPSA) is 54.5 Å². The summed E-state index contributed by atoms with van der Waals surface area (Å²) in [5.74, 6) is 0.295. The highest BCUT2D eigenvalue weighted by molar-refractivity contribution is 6.18. The molecular weight excluding hydrogens is 254 g/mol. The summed E-state index contributed by atoms with van der Waals surface area (Å²) in [7, 11) is 0. The molecule has 0 saturated carbocycles. The number of amides is 1. The maximum atomic E-state index is 10.9. The number of rotatable bonds is 6. The first-order chi connectivity index (χ1) is 8.46. The van der Waals surface area contributed by atoms with Crippen LogP contribution in [0.2, 0.25) is 0 Å². The van der Waals surface area contributed by atoms with Crippen molar-refractivity contribution in [1.29, 1.82) is 0 Å². The standard InChI is InChI=1S/C12H18ClN3O2/c1-12(2,3)18-16(9-17)15-11(7-13)10-5-4-6-14-8-10/h4-6,8-9,11,15H,7H2,1-3H3. The van der Waals surface area contributed by atoms with Gasteiger partial charge in [-0.2, -0.15) is 10.6 Å². The first kappa shape index (κ1) is 14.9. The summed E-state index contributed by atoms with van der Waals surface area (Å²) in [6.45, 7) is 5.56. The molecule has 0 fully saturated rings. The third-order valence-corrected chi connectivity index (χ3v) is 2.30. The number of carbonyl (C=O) groups is 1.